The lowest BCUT2D eigenvalue weighted by Gasteiger charge is -2.03. The maximum Gasteiger partial charge on any atom is 0.268 e. The van der Waals surface area contributed by atoms with E-state index >= 15 is 0 Å². The number of aromatic nitrogens is 2. The number of amides is 1. The first-order valence-corrected chi connectivity index (χ1v) is 6.82. The fraction of sp³-hybridized carbons (Fsp3) is 0.214. The molecule has 0 unspecified atom stereocenters. The van der Waals surface area contributed by atoms with E-state index in [1.165, 1.54) is 11.3 Å². The fourth-order valence-electron chi connectivity index (χ4n) is 1.61. The van der Waals surface area contributed by atoms with Crippen LogP contribution >= 0.6 is 11.3 Å². The van der Waals surface area contributed by atoms with Crippen LogP contribution in [0.5, 0.6) is 0 Å². The van der Waals surface area contributed by atoms with Gasteiger partial charge in [0.1, 0.15) is 0 Å². The molecule has 0 radical (unpaired) electrons. The van der Waals surface area contributed by atoms with Crippen molar-refractivity contribution in [1.82, 2.24) is 9.97 Å². The van der Waals surface area contributed by atoms with E-state index in [2.05, 4.69) is 27.1 Å². The summed E-state index contributed by atoms with van der Waals surface area (Å²) < 4.78 is 0. The summed E-state index contributed by atoms with van der Waals surface area (Å²) in [7, 11) is 0. The smallest absolute Gasteiger partial charge is 0.268 e. The molecule has 0 aromatic carbocycles. The van der Waals surface area contributed by atoms with Gasteiger partial charge in [-0.2, -0.15) is 0 Å². The molecule has 2 aromatic rings. The van der Waals surface area contributed by atoms with Gasteiger partial charge in [-0.15, -0.1) is 11.3 Å². The van der Waals surface area contributed by atoms with Gasteiger partial charge in [0, 0.05) is 11.4 Å². The number of rotatable bonds is 2. The van der Waals surface area contributed by atoms with E-state index in [0.717, 1.165) is 16.3 Å². The van der Waals surface area contributed by atoms with E-state index in [0.29, 0.717) is 17.4 Å². The number of nitrogens with zero attached hydrogens (tertiary/aromatic N) is 2. The number of hydrogen-bond donors (Lipinski definition) is 2. The Morgan fingerprint density at radius 1 is 1.35 bits per heavy atom. The predicted molar refractivity (Wildman–Crippen MR) is 79.7 cm³/mol. The molecule has 1 amide bonds. The van der Waals surface area contributed by atoms with Crippen molar-refractivity contribution in [3.63, 3.8) is 0 Å². The molecular formula is C14H14N4OS. The van der Waals surface area contributed by atoms with E-state index in [4.69, 9.17) is 5.73 Å². The van der Waals surface area contributed by atoms with Crippen LogP contribution in [0, 0.1) is 25.7 Å². The quantitative estimate of drug-likeness (QED) is 0.824. The highest BCUT2D eigenvalue weighted by Crippen LogP contribution is 2.16. The highest BCUT2D eigenvalue weighted by molar-refractivity contribution is 7.14. The van der Waals surface area contributed by atoms with E-state index in [9.17, 15) is 4.79 Å². The molecule has 2 heterocycles. The molecule has 2 rings (SSSR count). The lowest BCUT2D eigenvalue weighted by molar-refractivity contribution is 0.102. The van der Waals surface area contributed by atoms with E-state index in [-0.39, 0.29) is 5.91 Å². The standard InChI is InChI=1S/C14H14N4OS/c1-9-8-10(2)17-14(16-9)18-13(19)12-6-5-11(20-12)4-3-7-15/h5-6,8H,7,15H2,1-2H3,(H,16,17,18,19). The number of nitrogens with two attached hydrogens (primary N) is 1. The Bertz CT molecular complexity index is 676. The van der Waals surface area contributed by atoms with Gasteiger partial charge in [0.2, 0.25) is 5.95 Å². The summed E-state index contributed by atoms with van der Waals surface area (Å²) in [6.45, 7) is 4.02. The number of hydrogen-bond acceptors (Lipinski definition) is 5. The molecule has 0 saturated heterocycles. The van der Waals surface area contributed by atoms with E-state index in [1.807, 2.05) is 19.9 Å². The maximum atomic E-state index is 12.1. The molecule has 0 spiro atoms. The van der Waals surface area contributed by atoms with Gasteiger partial charge in [0.15, 0.2) is 0 Å². The molecular weight excluding hydrogens is 272 g/mol. The SMILES string of the molecule is Cc1cc(C)nc(NC(=O)c2ccc(C#CCN)s2)n1. The van der Waals surface area contributed by atoms with Crippen LogP contribution in [0.2, 0.25) is 0 Å². The van der Waals surface area contributed by atoms with Crippen molar-refractivity contribution < 1.29 is 4.79 Å². The largest absolute Gasteiger partial charge is 0.320 e. The molecule has 5 nitrogen and oxygen atoms in total. The topological polar surface area (TPSA) is 80.9 Å². The van der Waals surface area contributed by atoms with Crippen LogP contribution in [0.3, 0.4) is 0 Å². The Kier molecular flexibility index (Phi) is 4.45. The monoisotopic (exact) mass is 286 g/mol. The zero-order chi connectivity index (χ0) is 14.5. The number of carbonyl (C=O) groups is 1. The Morgan fingerprint density at radius 3 is 2.70 bits per heavy atom. The summed E-state index contributed by atoms with van der Waals surface area (Å²) in [5.74, 6) is 5.73. The van der Waals surface area contributed by atoms with Gasteiger partial charge in [-0.05, 0) is 32.0 Å². The van der Waals surface area contributed by atoms with Crippen molar-refractivity contribution in [2.45, 2.75) is 13.8 Å². The molecule has 0 aliphatic rings. The second kappa shape index (κ2) is 6.28. The lowest BCUT2D eigenvalue weighted by atomic mass is 10.3. The first kappa shape index (κ1) is 14.2. The third-order valence-corrected chi connectivity index (χ3v) is 3.35. The van der Waals surface area contributed by atoms with Crippen LogP contribution in [-0.4, -0.2) is 22.4 Å². The minimum Gasteiger partial charge on any atom is -0.320 e. The highest BCUT2D eigenvalue weighted by atomic mass is 32.1. The second-order valence-electron chi connectivity index (χ2n) is 4.10. The average molecular weight is 286 g/mol. The van der Waals surface area contributed by atoms with Gasteiger partial charge >= 0.3 is 0 Å². The minimum absolute atomic E-state index is 0.235. The van der Waals surface area contributed by atoms with Gasteiger partial charge in [-0.3, -0.25) is 10.1 Å². The maximum absolute atomic E-state index is 12.1. The summed E-state index contributed by atoms with van der Waals surface area (Å²) in [5, 5.41) is 2.69. The fourth-order valence-corrected chi connectivity index (χ4v) is 2.39. The van der Waals surface area contributed by atoms with Gasteiger partial charge in [0.25, 0.3) is 5.91 Å². The number of aryl methyl sites for hydroxylation is 2. The molecule has 102 valence electrons. The Labute approximate surface area is 121 Å². The van der Waals surface area contributed by atoms with Crippen LogP contribution < -0.4 is 11.1 Å². The Morgan fingerprint density at radius 2 is 2.05 bits per heavy atom. The predicted octanol–water partition coefficient (Wildman–Crippen LogP) is 1.72. The van der Waals surface area contributed by atoms with Crippen molar-refractivity contribution in [3.05, 3.63) is 39.3 Å². The summed E-state index contributed by atoms with van der Waals surface area (Å²) in [6, 6.07) is 5.37. The van der Waals surface area contributed by atoms with Gasteiger partial charge in [-0.1, -0.05) is 11.8 Å². The first-order chi connectivity index (χ1) is 9.58. The molecule has 2 aromatic heterocycles. The van der Waals surface area contributed by atoms with Gasteiger partial charge in [0.05, 0.1) is 16.3 Å². The molecule has 6 heteroatoms. The van der Waals surface area contributed by atoms with Crippen molar-refractivity contribution in [1.29, 1.82) is 0 Å². The number of anilines is 1. The summed E-state index contributed by atoms with van der Waals surface area (Å²) in [4.78, 5) is 21.8. The molecule has 0 saturated carbocycles. The zero-order valence-corrected chi connectivity index (χ0v) is 12.0. The number of carbonyl (C=O) groups excluding carboxylic acids is 1. The number of nitrogens with one attached hydrogen (secondary N) is 1. The molecule has 20 heavy (non-hydrogen) atoms. The van der Waals surface area contributed by atoms with Crippen molar-refractivity contribution >= 4 is 23.2 Å². The highest BCUT2D eigenvalue weighted by Gasteiger charge is 2.10. The summed E-state index contributed by atoms with van der Waals surface area (Å²) in [5.41, 5.74) is 6.94. The van der Waals surface area contributed by atoms with Crippen LogP contribution in [0.15, 0.2) is 18.2 Å². The minimum atomic E-state index is -0.235. The molecule has 0 bridgehead atoms. The first-order valence-electron chi connectivity index (χ1n) is 6.01. The second-order valence-corrected chi connectivity index (χ2v) is 5.18. The van der Waals surface area contributed by atoms with Crippen LogP contribution in [-0.2, 0) is 0 Å². The van der Waals surface area contributed by atoms with Gasteiger partial charge < -0.3 is 5.73 Å². The third-order valence-electron chi connectivity index (χ3n) is 2.35. The van der Waals surface area contributed by atoms with E-state index in [1.54, 1.807) is 12.1 Å². The Hall–Kier alpha value is -2.23. The molecule has 0 atom stereocenters. The van der Waals surface area contributed by atoms with Crippen molar-refractivity contribution in [2.24, 2.45) is 5.73 Å². The Balaban J connectivity index is 2.13. The van der Waals surface area contributed by atoms with Crippen LogP contribution in [0.4, 0.5) is 5.95 Å². The van der Waals surface area contributed by atoms with Crippen LogP contribution in [0.25, 0.3) is 0 Å². The lowest BCUT2D eigenvalue weighted by Crippen LogP contribution is -2.13. The third kappa shape index (κ3) is 3.63. The number of thiophene rings is 1. The van der Waals surface area contributed by atoms with Crippen molar-refractivity contribution in [2.75, 3.05) is 11.9 Å². The summed E-state index contributed by atoms with van der Waals surface area (Å²) in [6.07, 6.45) is 0. The molecule has 0 aliphatic heterocycles. The summed E-state index contributed by atoms with van der Waals surface area (Å²) >= 11 is 1.31. The molecule has 3 N–H and O–H groups in total. The normalized spacial score (nSPS) is 9.75. The average Bonchev–Trinajstić information content (AvgIpc) is 2.83. The van der Waals surface area contributed by atoms with E-state index < -0.39 is 0 Å². The van der Waals surface area contributed by atoms with Crippen molar-refractivity contribution in [3.8, 4) is 11.8 Å². The van der Waals surface area contributed by atoms with Crippen LogP contribution in [0.1, 0.15) is 25.9 Å². The van der Waals surface area contributed by atoms with Gasteiger partial charge in [-0.25, -0.2) is 9.97 Å². The zero-order valence-electron chi connectivity index (χ0n) is 11.2. The molecule has 0 aliphatic carbocycles. The molecule has 0 fully saturated rings.